The van der Waals surface area contributed by atoms with Gasteiger partial charge in [0.1, 0.15) is 0 Å². The van der Waals surface area contributed by atoms with E-state index >= 15 is 0 Å². The summed E-state index contributed by atoms with van der Waals surface area (Å²) in [4.78, 5) is 0. The van der Waals surface area contributed by atoms with Crippen LogP contribution in [0.15, 0.2) is 24.3 Å². The number of allylic oxidation sites excluding steroid dienone is 1. The fourth-order valence-electron chi connectivity index (χ4n) is 9.00. The second-order valence-electron chi connectivity index (χ2n) is 12.8. The highest BCUT2D eigenvalue weighted by atomic mass is 16.5. The summed E-state index contributed by atoms with van der Waals surface area (Å²) in [6.07, 6.45) is 20.4. The number of rotatable bonds is 8. The standard InChI is InChI=1S/C30H50O/c1-7-19-31-24-15-17-29(5)23(20-24)11-12-25-27-14-13-26(22(4)10-8-9-21(2)3)30(27,6)18-16-28(25)29/h7,11,21-22,24-28H,1,8-10,12-20H2,2-6H3/t22-,24+,25?,26-,27?,28?,29+,30-/m1/s1. The second kappa shape index (κ2) is 9.36. The van der Waals surface area contributed by atoms with Gasteiger partial charge < -0.3 is 4.74 Å². The molecule has 176 valence electrons. The molecular formula is C30H50O. The van der Waals surface area contributed by atoms with Gasteiger partial charge in [-0.3, -0.25) is 0 Å². The minimum atomic E-state index is 0.422. The number of fused-ring (bicyclic) bond motifs is 5. The predicted molar refractivity (Wildman–Crippen MR) is 133 cm³/mol. The van der Waals surface area contributed by atoms with Gasteiger partial charge >= 0.3 is 0 Å². The molecule has 8 atom stereocenters. The smallest absolute Gasteiger partial charge is 0.0648 e. The number of hydrogen-bond donors (Lipinski definition) is 0. The van der Waals surface area contributed by atoms with Gasteiger partial charge in [-0.1, -0.05) is 71.6 Å². The molecule has 0 bridgehead atoms. The van der Waals surface area contributed by atoms with E-state index in [-0.39, 0.29) is 0 Å². The molecule has 1 nitrogen and oxygen atoms in total. The monoisotopic (exact) mass is 426 g/mol. The average molecular weight is 427 g/mol. The van der Waals surface area contributed by atoms with Crippen LogP contribution in [0.5, 0.6) is 0 Å². The topological polar surface area (TPSA) is 9.23 Å². The normalized spacial score (nSPS) is 43.0. The van der Waals surface area contributed by atoms with Gasteiger partial charge in [-0.15, -0.1) is 6.58 Å². The maximum atomic E-state index is 6.08. The number of hydrogen-bond acceptors (Lipinski definition) is 1. The molecule has 0 spiro atoms. The van der Waals surface area contributed by atoms with Gasteiger partial charge in [-0.25, -0.2) is 0 Å². The van der Waals surface area contributed by atoms with Crippen molar-refractivity contribution in [3.8, 4) is 0 Å². The van der Waals surface area contributed by atoms with Crippen LogP contribution in [-0.4, -0.2) is 12.7 Å². The molecule has 0 N–H and O–H groups in total. The maximum absolute atomic E-state index is 6.08. The van der Waals surface area contributed by atoms with Crippen LogP contribution in [0, 0.1) is 46.3 Å². The van der Waals surface area contributed by atoms with Crippen LogP contribution in [0.1, 0.15) is 105 Å². The first-order chi connectivity index (χ1) is 14.8. The van der Waals surface area contributed by atoms with Crippen LogP contribution < -0.4 is 0 Å². The lowest BCUT2D eigenvalue weighted by Crippen LogP contribution is -2.51. The molecule has 4 aliphatic rings. The van der Waals surface area contributed by atoms with Crippen molar-refractivity contribution in [3.63, 3.8) is 0 Å². The molecule has 31 heavy (non-hydrogen) atoms. The van der Waals surface area contributed by atoms with Gasteiger partial charge in [0.05, 0.1) is 12.7 Å². The first-order valence-electron chi connectivity index (χ1n) is 13.7. The fraction of sp³-hybridized carbons (Fsp3) is 0.867. The molecule has 3 fully saturated rings. The van der Waals surface area contributed by atoms with Gasteiger partial charge in [-0.2, -0.15) is 0 Å². The van der Waals surface area contributed by atoms with E-state index in [1.54, 1.807) is 5.57 Å². The molecule has 0 aromatic heterocycles. The minimum Gasteiger partial charge on any atom is -0.374 e. The van der Waals surface area contributed by atoms with E-state index in [1.165, 1.54) is 70.6 Å². The molecule has 0 aliphatic heterocycles. The first kappa shape index (κ1) is 23.6. The summed E-state index contributed by atoms with van der Waals surface area (Å²) < 4.78 is 6.08. The second-order valence-corrected chi connectivity index (χ2v) is 12.8. The molecule has 0 heterocycles. The average Bonchev–Trinajstić information content (AvgIpc) is 3.09. The van der Waals surface area contributed by atoms with E-state index in [0.29, 0.717) is 23.5 Å². The Hall–Kier alpha value is -0.560. The SMILES string of the molecule is C=CCO[C@H]1CC[C@@]2(C)C(=CCC3C2CC[C@@]2(C)C3CC[C@@H]2[C@H](C)CCCC(C)C)C1. The quantitative estimate of drug-likeness (QED) is 0.353. The van der Waals surface area contributed by atoms with Crippen LogP contribution in [0.25, 0.3) is 0 Å². The molecular weight excluding hydrogens is 376 g/mol. The largest absolute Gasteiger partial charge is 0.374 e. The van der Waals surface area contributed by atoms with E-state index in [9.17, 15) is 0 Å². The summed E-state index contributed by atoms with van der Waals surface area (Å²) in [5, 5.41) is 0. The summed E-state index contributed by atoms with van der Waals surface area (Å²) >= 11 is 0. The van der Waals surface area contributed by atoms with Crippen LogP contribution >= 0.6 is 0 Å². The molecule has 4 rings (SSSR count). The minimum absolute atomic E-state index is 0.422. The highest BCUT2D eigenvalue weighted by Gasteiger charge is 2.59. The van der Waals surface area contributed by atoms with Crippen LogP contribution in [0.3, 0.4) is 0 Å². The molecule has 0 radical (unpaired) electrons. The van der Waals surface area contributed by atoms with Gasteiger partial charge in [0, 0.05) is 0 Å². The third-order valence-corrected chi connectivity index (χ3v) is 10.7. The van der Waals surface area contributed by atoms with Gasteiger partial charge in [0.2, 0.25) is 0 Å². The van der Waals surface area contributed by atoms with Crippen molar-refractivity contribution in [1.29, 1.82) is 0 Å². The van der Waals surface area contributed by atoms with E-state index in [2.05, 4.69) is 47.3 Å². The van der Waals surface area contributed by atoms with Gasteiger partial charge in [-0.05, 0) is 97.7 Å². The third kappa shape index (κ3) is 4.34. The Morgan fingerprint density at radius 2 is 1.87 bits per heavy atom. The van der Waals surface area contributed by atoms with E-state index in [0.717, 1.165) is 35.5 Å². The molecule has 0 aromatic carbocycles. The van der Waals surface area contributed by atoms with E-state index in [4.69, 9.17) is 4.74 Å². The highest BCUT2D eigenvalue weighted by molar-refractivity contribution is 5.25. The lowest BCUT2D eigenvalue weighted by atomic mass is 9.47. The van der Waals surface area contributed by atoms with Crippen molar-refractivity contribution < 1.29 is 4.74 Å². The van der Waals surface area contributed by atoms with Gasteiger partial charge in [0.15, 0.2) is 0 Å². The van der Waals surface area contributed by atoms with E-state index in [1.807, 2.05) is 6.08 Å². The van der Waals surface area contributed by atoms with Crippen molar-refractivity contribution in [2.75, 3.05) is 6.61 Å². The molecule has 3 unspecified atom stereocenters. The summed E-state index contributed by atoms with van der Waals surface area (Å²) in [6, 6.07) is 0. The zero-order valence-corrected chi connectivity index (χ0v) is 21.3. The molecule has 4 aliphatic carbocycles. The Bertz CT molecular complexity index is 661. The Balaban J connectivity index is 1.45. The summed E-state index contributed by atoms with van der Waals surface area (Å²) in [5.74, 6) is 5.55. The molecule has 0 saturated heterocycles. The third-order valence-electron chi connectivity index (χ3n) is 10.7. The van der Waals surface area contributed by atoms with Gasteiger partial charge in [0.25, 0.3) is 0 Å². The predicted octanol–water partition coefficient (Wildman–Crippen LogP) is 8.60. The molecule has 1 heteroatoms. The summed E-state index contributed by atoms with van der Waals surface area (Å²) in [6.45, 7) is 17.2. The molecule has 0 aromatic rings. The highest BCUT2D eigenvalue weighted by Crippen LogP contribution is 2.67. The Kier molecular flexibility index (Phi) is 7.12. The van der Waals surface area contributed by atoms with E-state index < -0.39 is 0 Å². The van der Waals surface area contributed by atoms with Crippen LogP contribution in [0.2, 0.25) is 0 Å². The Labute approximate surface area is 193 Å². The summed E-state index contributed by atoms with van der Waals surface area (Å²) in [5.41, 5.74) is 2.79. The molecule has 3 saturated carbocycles. The van der Waals surface area contributed by atoms with Crippen molar-refractivity contribution in [1.82, 2.24) is 0 Å². The lowest BCUT2D eigenvalue weighted by Gasteiger charge is -2.58. The van der Waals surface area contributed by atoms with Crippen molar-refractivity contribution >= 4 is 0 Å². The van der Waals surface area contributed by atoms with Crippen LogP contribution in [-0.2, 0) is 4.74 Å². The lowest BCUT2D eigenvalue weighted by molar-refractivity contribution is -0.0621. The fourth-order valence-corrected chi connectivity index (χ4v) is 9.00. The number of ether oxygens (including phenoxy) is 1. The Morgan fingerprint density at radius 1 is 1.06 bits per heavy atom. The van der Waals surface area contributed by atoms with Crippen LogP contribution in [0.4, 0.5) is 0 Å². The van der Waals surface area contributed by atoms with Crippen molar-refractivity contribution in [3.05, 3.63) is 24.3 Å². The zero-order valence-electron chi connectivity index (χ0n) is 21.3. The molecule has 0 amide bonds. The first-order valence-corrected chi connectivity index (χ1v) is 13.7. The maximum Gasteiger partial charge on any atom is 0.0648 e. The van der Waals surface area contributed by atoms with Crippen molar-refractivity contribution in [2.45, 2.75) is 111 Å². The zero-order chi connectivity index (χ0) is 22.2. The Morgan fingerprint density at radius 3 is 2.61 bits per heavy atom. The summed E-state index contributed by atoms with van der Waals surface area (Å²) in [7, 11) is 0. The van der Waals surface area contributed by atoms with Crippen molar-refractivity contribution in [2.24, 2.45) is 46.3 Å².